The highest BCUT2D eigenvalue weighted by Gasteiger charge is 2.41. The molecule has 104 valence electrons. The highest BCUT2D eigenvalue weighted by Crippen LogP contribution is 2.39. The second-order valence-electron chi connectivity index (χ2n) is 5.25. The van der Waals surface area contributed by atoms with Crippen molar-refractivity contribution in [2.45, 2.75) is 31.0 Å². The molecule has 3 rings (SSSR count). The van der Waals surface area contributed by atoms with Gasteiger partial charge in [0.15, 0.2) is 0 Å². The Hall–Kier alpha value is -0.390. The number of ether oxygens (including phenoxy) is 2. The molecular weight excluding hydrogens is 326 g/mol. The zero-order valence-corrected chi connectivity index (χ0v) is 13.1. The maximum atomic E-state index is 6.09. The summed E-state index contributed by atoms with van der Waals surface area (Å²) in [5.41, 5.74) is 6.74. The molecule has 0 aromatic heterocycles. The van der Waals surface area contributed by atoms with E-state index in [0.717, 1.165) is 41.8 Å². The van der Waals surface area contributed by atoms with Crippen molar-refractivity contribution < 1.29 is 9.47 Å². The third-order valence-electron chi connectivity index (χ3n) is 3.78. The minimum Gasteiger partial charge on any atom is -0.488 e. The van der Waals surface area contributed by atoms with Crippen molar-refractivity contribution >= 4 is 33.4 Å². The number of thioether (sulfide) groups is 1. The molecule has 1 spiro atoms. The van der Waals surface area contributed by atoms with Crippen molar-refractivity contribution in [1.29, 1.82) is 0 Å². The van der Waals surface area contributed by atoms with Gasteiger partial charge in [-0.2, -0.15) is 11.8 Å². The molecular formula is C14H18BrNO2S. The van der Waals surface area contributed by atoms with Gasteiger partial charge >= 0.3 is 0 Å². The smallest absolute Gasteiger partial charge is 0.142 e. The van der Waals surface area contributed by atoms with Crippen LogP contribution in [0.15, 0.2) is 22.7 Å². The monoisotopic (exact) mass is 343 g/mol. The second-order valence-corrected chi connectivity index (χ2v) is 7.27. The highest BCUT2D eigenvalue weighted by molar-refractivity contribution is 9.10. The Morgan fingerprint density at radius 3 is 3.11 bits per heavy atom. The van der Waals surface area contributed by atoms with E-state index in [-0.39, 0.29) is 11.7 Å². The van der Waals surface area contributed by atoms with Gasteiger partial charge in [-0.05, 0) is 30.4 Å². The van der Waals surface area contributed by atoms with Crippen LogP contribution in [0.4, 0.5) is 5.69 Å². The number of nitrogen functional groups attached to an aromatic ring is 1. The molecule has 2 aliphatic heterocycles. The van der Waals surface area contributed by atoms with Crippen molar-refractivity contribution in [2.24, 2.45) is 0 Å². The summed E-state index contributed by atoms with van der Waals surface area (Å²) in [7, 11) is 0. The van der Waals surface area contributed by atoms with E-state index in [4.69, 9.17) is 15.2 Å². The summed E-state index contributed by atoms with van der Waals surface area (Å²) in [4.78, 5) is 0. The van der Waals surface area contributed by atoms with Crippen LogP contribution >= 0.6 is 27.7 Å². The molecule has 2 unspecified atom stereocenters. The van der Waals surface area contributed by atoms with E-state index < -0.39 is 0 Å². The minimum atomic E-state index is 0.0533. The zero-order valence-electron chi connectivity index (χ0n) is 10.7. The van der Waals surface area contributed by atoms with Crippen molar-refractivity contribution in [3.05, 3.63) is 22.7 Å². The summed E-state index contributed by atoms with van der Waals surface area (Å²) in [5.74, 6) is 3.09. The summed E-state index contributed by atoms with van der Waals surface area (Å²) >= 11 is 5.39. The summed E-state index contributed by atoms with van der Waals surface area (Å²) in [6, 6.07) is 5.78. The van der Waals surface area contributed by atoms with Crippen molar-refractivity contribution in [2.75, 3.05) is 23.8 Å². The van der Waals surface area contributed by atoms with Crippen molar-refractivity contribution in [1.82, 2.24) is 0 Å². The minimum absolute atomic E-state index is 0.0533. The van der Waals surface area contributed by atoms with Gasteiger partial charge in [-0.15, -0.1) is 0 Å². The Bertz CT molecular complexity index is 463. The average molecular weight is 344 g/mol. The number of hydrogen-bond donors (Lipinski definition) is 1. The molecule has 2 heterocycles. The molecule has 19 heavy (non-hydrogen) atoms. The summed E-state index contributed by atoms with van der Waals surface area (Å²) in [5, 5.41) is 0. The van der Waals surface area contributed by atoms with Crippen LogP contribution in [0, 0.1) is 0 Å². The largest absolute Gasteiger partial charge is 0.488 e. The number of hydrogen-bond acceptors (Lipinski definition) is 4. The second kappa shape index (κ2) is 5.54. The lowest BCUT2D eigenvalue weighted by molar-refractivity contribution is -0.0957. The fourth-order valence-electron chi connectivity index (χ4n) is 2.75. The Kier molecular flexibility index (Phi) is 3.96. The maximum Gasteiger partial charge on any atom is 0.142 e. The maximum absolute atomic E-state index is 6.09. The van der Waals surface area contributed by atoms with E-state index in [1.807, 2.05) is 30.0 Å². The number of anilines is 1. The Balaban J connectivity index is 1.69. The highest BCUT2D eigenvalue weighted by atomic mass is 79.9. The molecule has 0 amide bonds. The van der Waals surface area contributed by atoms with Crippen LogP contribution < -0.4 is 10.5 Å². The molecule has 2 fully saturated rings. The number of rotatable bonds is 2. The van der Waals surface area contributed by atoms with Gasteiger partial charge in [-0.1, -0.05) is 15.9 Å². The van der Waals surface area contributed by atoms with Crippen LogP contribution in [0.2, 0.25) is 0 Å². The van der Waals surface area contributed by atoms with E-state index in [1.54, 1.807) is 0 Å². The molecule has 0 aliphatic carbocycles. The number of nitrogens with two attached hydrogens (primary N) is 1. The van der Waals surface area contributed by atoms with Gasteiger partial charge in [0, 0.05) is 23.1 Å². The van der Waals surface area contributed by atoms with E-state index in [9.17, 15) is 0 Å². The third kappa shape index (κ3) is 3.03. The third-order valence-corrected chi connectivity index (χ3v) is 5.50. The van der Waals surface area contributed by atoms with Gasteiger partial charge in [0.2, 0.25) is 0 Å². The summed E-state index contributed by atoms with van der Waals surface area (Å²) in [6.07, 6.45) is 3.29. The van der Waals surface area contributed by atoms with Gasteiger partial charge in [-0.25, -0.2) is 0 Å². The van der Waals surface area contributed by atoms with Crippen LogP contribution in [-0.4, -0.2) is 29.8 Å². The predicted molar refractivity (Wildman–Crippen MR) is 82.8 cm³/mol. The van der Waals surface area contributed by atoms with Gasteiger partial charge in [0.25, 0.3) is 0 Å². The molecule has 1 aromatic carbocycles. The molecule has 0 radical (unpaired) electrons. The van der Waals surface area contributed by atoms with Crippen LogP contribution in [-0.2, 0) is 4.74 Å². The molecule has 5 heteroatoms. The molecule has 2 aliphatic rings. The molecule has 3 nitrogen and oxygen atoms in total. The first-order valence-electron chi connectivity index (χ1n) is 6.60. The van der Waals surface area contributed by atoms with Gasteiger partial charge < -0.3 is 15.2 Å². The Morgan fingerprint density at radius 2 is 2.37 bits per heavy atom. The van der Waals surface area contributed by atoms with Gasteiger partial charge in [0.05, 0.1) is 17.9 Å². The van der Waals surface area contributed by atoms with Crippen LogP contribution in [0.25, 0.3) is 0 Å². The molecule has 0 bridgehead atoms. The van der Waals surface area contributed by atoms with Gasteiger partial charge in [0.1, 0.15) is 11.9 Å². The van der Waals surface area contributed by atoms with Crippen LogP contribution in [0.3, 0.4) is 0 Å². The first kappa shape index (κ1) is 13.6. The van der Waals surface area contributed by atoms with Crippen molar-refractivity contribution in [3.8, 4) is 5.75 Å². The fourth-order valence-corrected chi connectivity index (χ4v) is 4.51. The topological polar surface area (TPSA) is 44.5 Å². The quantitative estimate of drug-likeness (QED) is 0.835. The van der Waals surface area contributed by atoms with E-state index in [1.165, 1.54) is 5.75 Å². The van der Waals surface area contributed by atoms with Crippen molar-refractivity contribution in [3.63, 3.8) is 0 Å². The Labute approximate surface area is 126 Å². The first-order chi connectivity index (χ1) is 9.17. The SMILES string of the molecule is Nc1cc(Br)ccc1OC1CCOC2(CCSC2)C1. The summed E-state index contributed by atoms with van der Waals surface area (Å²) < 4.78 is 13.1. The molecule has 2 atom stereocenters. The Morgan fingerprint density at radius 1 is 1.47 bits per heavy atom. The van der Waals surface area contributed by atoms with Gasteiger partial charge in [-0.3, -0.25) is 0 Å². The molecule has 2 N–H and O–H groups in total. The predicted octanol–water partition coefficient (Wildman–Crippen LogP) is 3.46. The van der Waals surface area contributed by atoms with Crippen LogP contribution in [0.5, 0.6) is 5.75 Å². The van der Waals surface area contributed by atoms with E-state index in [0.29, 0.717) is 5.69 Å². The van der Waals surface area contributed by atoms with Crippen LogP contribution in [0.1, 0.15) is 19.3 Å². The fraction of sp³-hybridized carbons (Fsp3) is 0.571. The zero-order chi connectivity index (χ0) is 13.3. The normalized spacial score (nSPS) is 30.7. The lowest BCUT2D eigenvalue weighted by Gasteiger charge is -2.37. The molecule has 1 aromatic rings. The lowest BCUT2D eigenvalue weighted by atomic mass is 9.91. The van der Waals surface area contributed by atoms with E-state index in [2.05, 4.69) is 15.9 Å². The van der Waals surface area contributed by atoms with E-state index >= 15 is 0 Å². The molecule has 2 saturated heterocycles. The number of halogens is 1. The first-order valence-corrected chi connectivity index (χ1v) is 8.55. The standard InChI is InChI=1S/C14H18BrNO2S/c15-10-1-2-13(12(16)7-10)18-11-3-5-17-14(8-11)4-6-19-9-14/h1-2,7,11H,3-6,8-9,16H2. The average Bonchev–Trinajstić information content (AvgIpc) is 2.81. The lowest BCUT2D eigenvalue weighted by Crippen LogP contribution is -2.43. The summed E-state index contributed by atoms with van der Waals surface area (Å²) in [6.45, 7) is 0.793. The molecule has 0 saturated carbocycles. The number of benzene rings is 1.